The molecule has 0 unspecified atom stereocenters. The third-order valence-electron chi connectivity index (χ3n) is 8.42. The molecule has 0 aliphatic carbocycles. The fourth-order valence-corrected chi connectivity index (χ4v) is 6.27. The Morgan fingerprint density at radius 3 is 1.02 bits per heavy atom. The molecule has 0 saturated heterocycles. The van der Waals surface area contributed by atoms with Gasteiger partial charge in [-0.2, -0.15) is 0 Å². The van der Waals surface area contributed by atoms with Crippen LogP contribution >= 0.6 is 0 Å². The summed E-state index contributed by atoms with van der Waals surface area (Å²) in [4.78, 5) is 0. The van der Waals surface area contributed by atoms with Gasteiger partial charge in [-0.25, -0.2) is 0 Å². The molecular formula is C42H28. The lowest BCUT2D eigenvalue weighted by molar-refractivity contribution is 1.63. The second-order valence-corrected chi connectivity index (χ2v) is 11.0. The van der Waals surface area contributed by atoms with Gasteiger partial charge >= 0.3 is 0 Å². The Hall–Kier alpha value is -5.46. The second kappa shape index (κ2) is 10.2. The molecule has 196 valence electrons. The highest BCUT2D eigenvalue weighted by Crippen LogP contribution is 2.39. The molecule has 0 aliphatic rings. The van der Waals surface area contributed by atoms with Crippen LogP contribution in [0.5, 0.6) is 0 Å². The molecule has 0 nitrogen and oxygen atoms in total. The van der Waals surface area contributed by atoms with Gasteiger partial charge in [0.05, 0.1) is 0 Å². The molecule has 0 atom stereocenters. The quantitative estimate of drug-likeness (QED) is 0.211. The average Bonchev–Trinajstić information content (AvgIpc) is 3.07. The molecule has 0 amide bonds. The maximum atomic E-state index is 2.33. The number of rotatable bonds is 4. The minimum atomic E-state index is 1.24. The molecule has 0 aromatic heterocycles. The van der Waals surface area contributed by atoms with Gasteiger partial charge in [-0.15, -0.1) is 0 Å². The third-order valence-corrected chi connectivity index (χ3v) is 8.42. The third kappa shape index (κ3) is 4.35. The van der Waals surface area contributed by atoms with Crippen LogP contribution in [0.2, 0.25) is 0 Å². The summed E-state index contributed by atoms with van der Waals surface area (Å²) in [6, 6.07) is 61.8. The molecule has 0 radical (unpaired) electrons. The highest BCUT2D eigenvalue weighted by Gasteiger charge is 2.12. The monoisotopic (exact) mass is 532 g/mol. The van der Waals surface area contributed by atoms with E-state index in [9.17, 15) is 0 Å². The topological polar surface area (TPSA) is 0 Å². The highest BCUT2D eigenvalue weighted by atomic mass is 14.2. The molecule has 0 saturated carbocycles. The fourth-order valence-electron chi connectivity index (χ4n) is 6.27. The molecule has 0 fully saturated rings. The van der Waals surface area contributed by atoms with Gasteiger partial charge in [0.25, 0.3) is 0 Å². The average molecular weight is 533 g/mol. The van der Waals surface area contributed by atoms with Crippen molar-refractivity contribution in [3.05, 3.63) is 170 Å². The maximum Gasteiger partial charge on any atom is -0.00268 e. The highest BCUT2D eigenvalue weighted by molar-refractivity contribution is 6.08. The van der Waals surface area contributed by atoms with E-state index in [1.165, 1.54) is 76.8 Å². The van der Waals surface area contributed by atoms with E-state index in [2.05, 4.69) is 170 Å². The molecule has 0 bridgehead atoms. The van der Waals surface area contributed by atoms with Gasteiger partial charge in [0.1, 0.15) is 0 Å². The van der Waals surface area contributed by atoms with Crippen molar-refractivity contribution in [2.45, 2.75) is 0 Å². The van der Waals surface area contributed by atoms with E-state index in [-0.39, 0.29) is 0 Å². The van der Waals surface area contributed by atoms with Crippen molar-refractivity contribution in [2.75, 3.05) is 0 Å². The smallest absolute Gasteiger partial charge is 0.00268 e. The predicted octanol–water partition coefficient (Wildman–Crippen LogP) is 11.8. The molecule has 8 aromatic carbocycles. The van der Waals surface area contributed by atoms with Crippen LogP contribution in [0.25, 0.3) is 76.8 Å². The van der Waals surface area contributed by atoms with Gasteiger partial charge in [0.15, 0.2) is 0 Å². The first kappa shape index (κ1) is 24.3. The van der Waals surface area contributed by atoms with E-state index in [0.29, 0.717) is 0 Å². The van der Waals surface area contributed by atoms with E-state index in [0.717, 1.165) is 0 Å². The summed E-state index contributed by atoms with van der Waals surface area (Å²) in [7, 11) is 0. The lowest BCUT2D eigenvalue weighted by atomic mass is 9.89. The Labute approximate surface area is 246 Å². The Bertz CT molecular complexity index is 2070. The summed E-state index contributed by atoms with van der Waals surface area (Å²) in [5, 5.41) is 7.56. The van der Waals surface area contributed by atoms with Gasteiger partial charge in [0, 0.05) is 0 Å². The summed E-state index contributed by atoms with van der Waals surface area (Å²) < 4.78 is 0. The molecule has 0 heteroatoms. The van der Waals surface area contributed by atoms with Gasteiger partial charge in [0.2, 0.25) is 0 Å². The molecule has 0 heterocycles. The van der Waals surface area contributed by atoms with Crippen LogP contribution in [0.1, 0.15) is 0 Å². The minimum Gasteiger partial charge on any atom is -0.0622 e. The Kier molecular flexibility index (Phi) is 5.90. The van der Waals surface area contributed by atoms with E-state index in [1.807, 2.05) is 0 Å². The van der Waals surface area contributed by atoms with Crippen molar-refractivity contribution in [1.82, 2.24) is 0 Å². The van der Waals surface area contributed by atoms with Crippen LogP contribution in [0.15, 0.2) is 170 Å². The van der Waals surface area contributed by atoms with Crippen LogP contribution in [-0.2, 0) is 0 Å². The largest absolute Gasteiger partial charge is 0.0622 e. The number of benzene rings is 8. The van der Waals surface area contributed by atoms with Crippen LogP contribution in [-0.4, -0.2) is 0 Å². The molecule has 8 aromatic rings. The Morgan fingerprint density at radius 2 is 0.595 bits per heavy atom. The molecule has 0 N–H and O–H groups in total. The van der Waals surface area contributed by atoms with E-state index in [4.69, 9.17) is 0 Å². The van der Waals surface area contributed by atoms with Crippen molar-refractivity contribution in [2.24, 2.45) is 0 Å². The van der Waals surface area contributed by atoms with Gasteiger partial charge in [-0.05, 0) is 101 Å². The first-order valence-electron chi connectivity index (χ1n) is 14.5. The van der Waals surface area contributed by atoms with E-state index < -0.39 is 0 Å². The van der Waals surface area contributed by atoms with E-state index in [1.54, 1.807) is 0 Å². The van der Waals surface area contributed by atoms with Crippen molar-refractivity contribution in [3.63, 3.8) is 0 Å². The van der Waals surface area contributed by atoms with Crippen molar-refractivity contribution >= 4 is 32.3 Å². The number of hydrogen-bond acceptors (Lipinski definition) is 0. The number of hydrogen-bond donors (Lipinski definition) is 0. The normalized spacial score (nSPS) is 11.3. The summed E-state index contributed by atoms with van der Waals surface area (Å²) in [6.07, 6.45) is 0. The van der Waals surface area contributed by atoms with Crippen molar-refractivity contribution < 1.29 is 0 Å². The van der Waals surface area contributed by atoms with Gasteiger partial charge < -0.3 is 0 Å². The van der Waals surface area contributed by atoms with Crippen LogP contribution in [0.3, 0.4) is 0 Å². The van der Waals surface area contributed by atoms with Gasteiger partial charge in [-0.1, -0.05) is 146 Å². The minimum absolute atomic E-state index is 1.24. The van der Waals surface area contributed by atoms with Crippen LogP contribution in [0.4, 0.5) is 0 Å². The molecule has 8 rings (SSSR count). The molecule has 0 aliphatic heterocycles. The lowest BCUT2D eigenvalue weighted by Crippen LogP contribution is -1.88. The zero-order valence-corrected chi connectivity index (χ0v) is 23.2. The Balaban J connectivity index is 1.23. The summed E-state index contributed by atoms with van der Waals surface area (Å²) in [6.45, 7) is 0. The summed E-state index contributed by atoms with van der Waals surface area (Å²) in [5.74, 6) is 0. The predicted molar refractivity (Wildman–Crippen MR) is 181 cm³/mol. The summed E-state index contributed by atoms with van der Waals surface area (Å²) >= 11 is 0. The first-order chi connectivity index (χ1) is 20.8. The molecule has 0 spiro atoms. The lowest BCUT2D eigenvalue weighted by Gasteiger charge is -2.14. The molecular weight excluding hydrogens is 504 g/mol. The standard InChI is InChI=1S/C42H28/c1-3-9-29(10-4-1)32-17-19-36-27-38(23-21-34(36)25-32)40-15-7-13-31-14-8-16-41(42(31)40)39-24-22-35-26-33(18-20-37(35)28-39)30-11-5-2-6-12-30/h1-28H. The van der Waals surface area contributed by atoms with E-state index >= 15 is 0 Å². The summed E-state index contributed by atoms with van der Waals surface area (Å²) in [5.41, 5.74) is 9.98. The first-order valence-corrected chi connectivity index (χ1v) is 14.5. The van der Waals surface area contributed by atoms with Crippen LogP contribution in [0, 0.1) is 0 Å². The SMILES string of the molecule is c1ccc(-c2ccc3cc(-c4cccc5cccc(-c6ccc7cc(-c8ccccc8)ccc7c6)c45)ccc3c2)cc1. The number of fused-ring (bicyclic) bond motifs is 3. The fraction of sp³-hybridized carbons (Fsp3) is 0. The van der Waals surface area contributed by atoms with Crippen molar-refractivity contribution in [1.29, 1.82) is 0 Å². The van der Waals surface area contributed by atoms with Crippen molar-refractivity contribution in [3.8, 4) is 44.5 Å². The van der Waals surface area contributed by atoms with Crippen LogP contribution < -0.4 is 0 Å². The Morgan fingerprint density at radius 1 is 0.214 bits per heavy atom. The zero-order valence-electron chi connectivity index (χ0n) is 23.2. The molecule has 42 heavy (non-hydrogen) atoms. The maximum absolute atomic E-state index is 2.33. The second-order valence-electron chi connectivity index (χ2n) is 11.0. The zero-order chi connectivity index (χ0) is 27.9. The van der Waals surface area contributed by atoms with Gasteiger partial charge in [-0.3, -0.25) is 0 Å².